The minimum absolute atomic E-state index is 0.0348. The van der Waals surface area contributed by atoms with Gasteiger partial charge in [0.25, 0.3) is 5.92 Å². The molecule has 22 heavy (non-hydrogen) atoms. The Hall–Kier alpha value is -0.990. The maximum Gasteiger partial charge on any atom is 0.279 e. The van der Waals surface area contributed by atoms with E-state index in [9.17, 15) is 13.2 Å². The molecule has 0 aromatic heterocycles. The second kappa shape index (κ2) is 5.90. The molecular weight excluding hydrogens is 285 g/mol. The SMILES string of the molecule is CCCc1cc(F)c2c(c1)CC(C1CCC(C)CC1)C2(F)F. The highest BCUT2D eigenvalue weighted by Gasteiger charge is 2.53. The molecule has 2 aliphatic rings. The summed E-state index contributed by atoms with van der Waals surface area (Å²) in [6, 6.07) is 3.14. The first-order valence-electron chi connectivity index (χ1n) is 8.63. The highest BCUT2D eigenvalue weighted by Crippen LogP contribution is 2.53. The van der Waals surface area contributed by atoms with E-state index in [1.54, 1.807) is 0 Å². The summed E-state index contributed by atoms with van der Waals surface area (Å²) in [5.74, 6) is -3.73. The van der Waals surface area contributed by atoms with Gasteiger partial charge >= 0.3 is 0 Å². The third kappa shape index (κ3) is 2.68. The fourth-order valence-electron chi connectivity index (χ4n) is 4.39. The Morgan fingerprint density at radius 1 is 1.14 bits per heavy atom. The monoisotopic (exact) mass is 310 g/mol. The van der Waals surface area contributed by atoms with E-state index in [1.807, 2.05) is 13.0 Å². The predicted octanol–water partition coefficient (Wildman–Crippen LogP) is 5.87. The molecule has 122 valence electrons. The number of aryl methyl sites for hydroxylation is 1. The van der Waals surface area contributed by atoms with Gasteiger partial charge in [0.05, 0.1) is 5.56 Å². The molecule has 0 aliphatic heterocycles. The molecule has 3 rings (SSSR count). The van der Waals surface area contributed by atoms with E-state index in [0.717, 1.165) is 44.1 Å². The number of halogens is 3. The first kappa shape index (κ1) is 15.9. The third-order valence-corrected chi connectivity index (χ3v) is 5.64. The van der Waals surface area contributed by atoms with Crippen LogP contribution in [0.15, 0.2) is 12.1 Å². The van der Waals surface area contributed by atoms with Crippen molar-refractivity contribution in [3.05, 3.63) is 34.6 Å². The fraction of sp³-hybridized carbons (Fsp3) is 0.684. The number of fused-ring (bicyclic) bond motifs is 1. The normalized spacial score (nSPS) is 30.3. The van der Waals surface area contributed by atoms with Crippen LogP contribution in [0.4, 0.5) is 13.2 Å². The van der Waals surface area contributed by atoms with Crippen molar-refractivity contribution in [3.8, 4) is 0 Å². The number of benzene rings is 1. The van der Waals surface area contributed by atoms with Crippen molar-refractivity contribution in [1.29, 1.82) is 0 Å². The van der Waals surface area contributed by atoms with Gasteiger partial charge in [0.15, 0.2) is 0 Å². The number of hydrogen-bond donors (Lipinski definition) is 0. The summed E-state index contributed by atoms with van der Waals surface area (Å²) < 4.78 is 43.9. The highest BCUT2D eigenvalue weighted by molar-refractivity contribution is 5.41. The molecule has 1 unspecified atom stereocenters. The molecule has 1 aromatic carbocycles. The Morgan fingerprint density at radius 3 is 2.45 bits per heavy atom. The molecule has 0 heterocycles. The molecule has 0 nitrogen and oxygen atoms in total. The van der Waals surface area contributed by atoms with Crippen LogP contribution in [0.25, 0.3) is 0 Å². The van der Waals surface area contributed by atoms with Gasteiger partial charge in [0.1, 0.15) is 5.82 Å². The van der Waals surface area contributed by atoms with Crippen LogP contribution < -0.4 is 0 Å². The van der Waals surface area contributed by atoms with Gasteiger partial charge in [-0.15, -0.1) is 0 Å². The zero-order valence-electron chi connectivity index (χ0n) is 13.5. The lowest BCUT2D eigenvalue weighted by Crippen LogP contribution is -2.31. The van der Waals surface area contributed by atoms with E-state index < -0.39 is 17.7 Å². The minimum atomic E-state index is -3.00. The van der Waals surface area contributed by atoms with Gasteiger partial charge in [-0.25, -0.2) is 13.2 Å². The zero-order chi connectivity index (χ0) is 15.9. The van der Waals surface area contributed by atoms with Crippen LogP contribution in [0.3, 0.4) is 0 Å². The lowest BCUT2D eigenvalue weighted by Gasteiger charge is -2.33. The Kier molecular flexibility index (Phi) is 4.26. The second-order valence-electron chi connectivity index (χ2n) is 7.32. The summed E-state index contributed by atoms with van der Waals surface area (Å²) >= 11 is 0. The molecule has 0 N–H and O–H groups in total. The van der Waals surface area contributed by atoms with Crippen LogP contribution in [0, 0.1) is 23.6 Å². The van der Waals surface area contributed by atoms with Crippen LogP contribution in [-0.2, 0) is 18.8 Å². The first-order valence-corrected chi connectivity index (χ1v) is 8.63. The van der Waals surface area contributed by atoms with Crippen LogP contribution >= 0.6 is 0 Å². The third-order valence-electron chi connectivity index (χ3n) is 5.64. The van der Waals surface area contributed by atoms with Gasteiger partial charge in [-0.3, -0.25) is 0 Å². The number of hydrogen-bond acceptors (Lipinski definition) is 0. The smallest absolute Gasteiger partial charge is 0.206 e. The summed E-state index contributed by atoms with van der Waals surface area (Å²) in [4.78, 5) is 0. The molecular formula is C19H25F3. The van der Waals surface area contributed by atoms with Gasteiger partial charge in [-0.2, -0.15) is 0 Å². The van der Waals surface area contributed by atoms with Crippen molar-refractivity contribution in [1.82, 2.24) is 0 Å². The van der Waals surface area contributed by atoms with Crippen molar-refractivity contribution < 1.29 is 13.2 Å². The summed E-state index contributed by atoms with van der Waals surface area (Å²) in [5, 5.41) is 0. The lowest BCUT2D eigenvalue weighted by molar-refractivity contribution is -0.0836. The molecule has 2 aliphatic carbocycles. The van der Waals surface area contributed by atoms with Gasteiger partial charge in [0, 0.05) is 5.92 Å². The van der Waals surface area contributed by atoms with Gasteiger partial charge < -0.3 is 0 Å². The Morgan fingerprint density at radius 2 is 1.82 bits per heavy atom. The van der Waals surface area contributed by atoms with E-state index in [4.69, 9.17) is 0 Å². The average Bonchev–Trinajstić information content (AvgIpc) is 2.72. The Labute approximate surface area is 131 Å². The number of alkyl halides is 2. The van der Waals surface area contributed by atoms with Crippen LogP contribution in [0.2, 0.25) is 0 Å². The quantitative estimate of drug-likeness (QED) is 0.655. The molecule has 0 amide bonds. The molecule has 1 atom stereocenters. The van der Waals surface area contributed by atoms with Crippen molar-refractivity contribution in [3.63, 3.8) is 0 Å². The lowest BCUT2D eigenvalue weighted by atomic mass is 9.74. The zero-order valence-corrected chi connectivity index (χ0v) is 13.5. The fourth-order valence-corrected chi connectivity index (χ4v) is 4.39. The van der Waals surface area contributed by atoms with E-state index in [0.29, 0.717) is 17.9 Å². The van der Waals surface area contributed by atoms with E-state index in [-0.39, 0.29) is 11.5 Å². The molecule has 0 saturated heterocycles. The van der Waals surface area contributed by atoms with Crippen LogP contribution in [0.1, 0.15) is 62.6 Å². The van der Waals surface area contributed by atoms with E-state index in [1.165, 1.54) is 6.07 Å². The second-order valence-corrected chi connectivity index (χ2v) is 7.32. The summed E-state index contributed by atoms with van der Waals surface area (Å²) in [7, 11) is 0. The molecule has 0 spiro atoms. The van der Waals surface area contributed by atoms with Crippen molar-refractivity contribution in [2.45, 2.75) is 64.7 Å². The molecule has 1 fully saturated rings. The topological polar surface area (TPSA) is 0 Å². The van der Waals surface area contributed by atoms with Crippen molar-refractivity contribution in [2.24, 2.45) is 17.8 Å². The highest BCUT2D eigenvalue weighted by atomic mass is 19.3. The molecule has 0 radical (unpaired) electrons. The maximum absolute atomic E-state index is 14.8. The van der Waals surface area contributed by atoms with E-state index >= 15 is 0 Å². The molecule has 1 aromatic rings. The molecule has 1 saturated carbocycles. The maximum atomic E-state index is 14.8. The van der Waals surface area contributed by atoms with Crippen molar-refractivity contribution >= 4 is 0 Å². The van der Waals surface area contributed by atoms with Crippen LogP contribution in [-0.4, -0.2) is 0 Å². The molecule has 3 heteroatoms. The van der Waals surface area contributed by atoms with Gasteiger partial charge in [0.2, 0.25) is 0 Å². The van der Waals surface area contributed by atoms with Crippen molar-refractivity contribution in [2.75, 3.05) is 0 Å². The van der Waals surface area contributed by atoms with Gasteiger partial charge in [-0.05, 0) is 54.7 Å². The Balaban J connectivity index is 1.89. The van der Waals surface area contributed by atoms with E-state index in [2.05, 4.69) is 6.92 Å². The molecule has 0 bridgehead atoms. The first-order chi connectivity index (χ1) is 10.4. The standard InChI is InChI=1S/C19H25F3/c1-3-4-13-9-15-11-16(14-7-5-12(2)6-8-14)19(21,22)18(15)17(20)10-13/h9-10,12,14,16H,3-8,11H2,1-2H3. The van der Waals surface area contributed by atoms with Gasteiger partial charge in [-0.1, -0.05) is 39.2 Å². The largest absolute Gasteiger partial charge is 0.279 e. The summed E-state index contributed by atoms with van der Waals surface area (Å²) in [6.45, 7) is 4.21. The van der Waals surface area contributed by atoms with Crippen LogP contribution in [0.5, 0.6) is 0 Å². The average molecular weight is 310 g/mol. The summed E-state index contributed by atoms with van der Waals surface area (Å²) in [5.41, 5.74) is 1.10. The predicted molar refractivity (Wildman–Crippen MR) is 82.6 cm³/mol. The minimum Gasteiger partial charge on any atom is -0.206 e. The summed E-state index contributed by atoms with van der Waals surface area (Å²) in [6.07, 6.45) is 5.77. The Bertz CT molecular complexity index is 542. The number of rotatable bonds is 3.